The molecule has 0 radical (unpaired) electrons. The lowest BCUT2D eigenvalue weighted by Gasteiger charge is -2.12. The first-order chi connectivity index (χ1) is 9.08. The Kier molecular flexibility index (Phi) is 4.56. The quantitative estimate of drug-likeness (QED) is 0.882. The van der Waals surface area contributed by atoms with E-state index >= 15 is 0 Å². The van der Waals surface area contributed by atoms with Gasteiger partial charge < -0.3 is 10.4 Å². The third-order valence-corrected chi connectivity index (χ3v) is 3.94. The van der Waals surface area contributed by atoms with Crippen molar-refractivity contribution >= 4 is 27.3 Å². The Morgan fingerprint density at radius 3 is 2.84 bits per heavy atom. The molecular weight excluding hydrogens is 258 g/mol. The number of rotatable bonds is 5. The van der Waals surface area contributed by atoms with Crippen LogP contribution in [0.25, 0.3) is 10.1 Å². The lowest BCUT2D eigenvalue weighted by Crippen LogP contribution is -2.29. The Labute approximate surface area is 117 Å². The lowest BCUT2D eigenvalue weighted by atomic mass is 10.1. The highest BCUT2D eigenvalue weighted by molar-refractivity contribution is 7.17. The second kappa shape index (κ2) is 6.17. The summed E-state index contributed by atoms with van der Waals surface area (Å²) < 4.78 is 1.16. The Morgan fingerprint density at radius 1 is 1.37 bits per heavy atom. The minimum absolute atomic E-state index is 0.00594. The van der Waals surface area contributed by atoms with Gasteiger partial charge in [0.25, 0.3) is 0 Å². The minimum Gasteiger partial charge on any atom is -0.387 e. The average Bonchev–Trinajstić information content (AvgIpc) is 2.79. The number of hydrogen-bond acceptors (Lipinski definition) is 3. The standard InChI is InChI=1S/C15H19NO2S/c1-10(2)7-15(18)16-8-13(17)12-9-19-14-6-4-3-5-11(12)14/h3-6,9-10,13,17H,7-8H2,1-2H3,(H,16,18)/t13-/m1/s1. The van der Waals surface area contributed by atoms with Crippen LogP contribution in [0.4, 0.5) is 0 Å². The molecule has 0 unspecified atom stereocenters. The van der Waals surface area contributed by atoms with E-state index in [0.717, 1.165) is 15.6 Å². The molecule has 0 bridgehead atoms. The molecule has 0 aliphatic heterocycles. The second-order valence-electron chi connectivity index (χ2n) is 5.11. The number of carbonyl (C=O) groups is 1. The van der Waals surface area contributed by atoms with Crippen LogP contribution in [-0.2, 0) is 4.79 Å². The summed E-state index contributed by atoms with van der Waals surface area (Å²) in [5, 5.41) is 16.0. The van der Waals surface area contributed by atoms with Gasteiger partial charge in [-0.1, -0.05) is 32.0 Å². The molecule has 1 aromatic heterocycles. The lowest BCUT2D eigenvalue weighted by molar-refractivity contribution is -0.122. The van der Waals surface area contributed by atoms with Crippen LogP contribution in [0.1, 0.15) is 31.9 Å². The molecule has 3 nitrogen and oxygen atoms in total. The molecule has 102 valence electrons. The molecule has 0 aliphatic carbocycles. The molecule has 4 heteroatoms. The topological polar surface area (TPSA) is 49.3 Å². The van der Waals surface area contributed by atoms with E-state index in [9.17, 15) is 9.90 Å². The molecule has 0 saturated carbocycles. The number of benzene rings is 1. The molecule has 0 saturated heterocycles. The van der Waals surface area contributed by atoms with Crippen molar-refractivity contribution in [2.75, 3.05) is 6.54 Å². The molecule has 19 heavy (non-hydrogen) atoms. The fourth-order valence-electron chi connectivity index (χ4n) is 2.02. The predicted octanol–water partition coefficient (Wildman–Crippen LogP) is 3.10. The van der Waals surface area contributed by atoms with Crippen LogP contribution in [0.3, 0.4) is 0 Å². The van der Waals surface area contributed by atoms with Crippen molar-refractivity contribution in [1.29, 1.82) is 0 Å². The van der Waals surface area contributed by atoms with E-state index < -0.39 is 6.10 Å². The predicted molar refractivity (Wildman–Crippen MR) is 79.2 cm³/mol. The highest BCUT2D eigenvalue weighted by Crippen LogP contribution is 2.29. The Balaban J connectivity index is 2.00. The smallest absolute Gasteiger partial charge is 0.220 e. The van der Waals surface area contributed by atoms with E-state index in [1.54, 1.807) is 11.3 Å². The van der Waals surface area contributed by atoms with Gasteiger partial charge in [0.2, 0.25) is 5.91 Å². The summed E-state index contributed by atoms with van der Waals surface area (Å²) >= 11 is 1.61. The molecule has 2 aromatic rings. The zero-order valence-electron chi connectivity index (χ0n) is 11.2. The van der Waals surface area contributed by atoms with Crippen molar-refractivity contribution in [3.63, 3.8) is 0 Å². The van der Waals surface area contributed by atoms with Gasteiger partial charge in [-0.3, -0.25) is 4.79 Å². The second-order valence-corrected chi connectivity index (χ2v) is 6.02. The van der Waals surface area contributed by atoms with Gasteiger partial charge >= 0.3 is 0 Å². The van der Waals surface area contributed by atoms with E-state index in [0.29, 0.717) is 12.3 Å². The van der Waals surface area contributed by atoms with Gasteiger partial charge in [-0.2, -0.15) is 0 Å². The molecule has 0 fully saturated rings. The fourth-order valence-corrected chi connectivity index (χ4v) is 3.03. The van der Waals surface area contributed by atoms with Crippen LogP contribution in [0, 0.1) is 5.92 Å². The summed E-state index contributed by atoms with van der Waals surface area (Å²) in [6, 6.07) is 7.98. The normalized spacial score (nSPS) is 12.8. The van der Waals surface area contributed by atoms with Crippen LogP contribution in [0.15, 0.2) is 29.6 Å². The van der Waals surface area contributed by atoms with Crippen molar-refractivity contribution in [3.8, 4) is 0 Å². The SMILES string of the molecule is CC(C)CC(=O)NC[C@@H](O)c1csc2ccccc12. The van der Waals surface area contributed by atoms with Crippen LogP contribution in [-0.4, -0.2) is 17.6 Å². The molecule has 0 spiro atoms. The van der Waals surface area contributed by atoms with E-state index in [-0.39, 0.29) is 12.5 Å². The summed E-state index contributed by atoms with van der Waals surface area (Å²) in [6.07, 6.45) is -0.149. The molecule has 2 N–H and O–H groups in total. The number of thiophene rings is 1. The number of nitrogens with one attached hydrogen (secondary N) is 1. The van der Waals surface area contributed by atoms with Crippen molar-refractivity contribution in [2.45, 2.75) is 26.4 Å². The fraction of sp³-hybridized carbons (Fsp3) is 0.400. The number of aliphatic hydroxyl groups is 1. The van der Waals surface area contributed by atoms with Crippen LogP contribution < -0.4 is 5.32 Å². The average molecular weight is 277 g/mol. The molecule has 1 heterocycles. The number of hydrogen-bond donors (Lipinski definition) is 2. The summed E-state index contributed by atoms with van der Waals surface area (Å²) in [4.78, 5) is 11.6. The third-order valence-electron chi connectivity index (χ3n) is 2.96. The third kappa shape index (κ3) is 3.55. The first-order valence-corrected chi connectivity index (χ1v) is 7.36. The molecule has 1 aromatic carbocycles. The van der Waals surface area contributed by atoms with Crippen LogP contribution in [0.2, 0.25) is 0 Å². The summed E-state index contributed by atoms with van der Waals surface area (Å²) in [5.74, 6) is 0.327. The van der Waals surface area contributed by atoms with Gasteiger partial charge in [0.05, 0.1) is 6.10 Å². The zero-order chi connectivity index (χ0) is 13.8. The number of aliphatic hydroxyl groups excluding tert-OH is 1. The highest BCUT2D eigenvalue weighted by atomic mass is 32.1. The van der Waals surface area contributed by atoms with Crippen molar-refractivity contribution < 1.29 is 9.90 Å². The van der Waals surface area contributed by atoms with Gasteiger partial charge in [0.15, 0.2) is 0 Å². The van der Waals surface area contributed by atoms with Gasteiger partial charge in [-0.15, -0.1) is 11.3 Å². The van der Waals surface area contributed by atoms with Gasteiger partial charge in [-0.25, -0.2) is 0 Å². The van der Waals surface area contributed by atoms with E-state index in [2.05, 4.69) is 5.32 Å². The van der Waals surface area contributed by atoms with Crippen molar-refractivity contribution in [1.82, 2.24) is 5.32 Å². The summed E-state index contributed by atoms with van der Waals surface area (Å²) in [7, 11) is 0. The first kappa shape index (κ1) is 14.0. The number of amides is 1. The Bertz CT molecular complexity index is 562. The van der Waals surface area contributed by atoms with E-state index in [1.165, 1.54) is 0 Å². The van der Waals surface area contributed by atoms with Gasteiger partial charge in [0.1, 0.15) is 0 Å². The van der Waals surface area contributed by atoms with Crippen molar-refractivity contribution in [3.05, 3.63) is 35.2 Å². The maximum Gasteiger partial charge on any atom is 0.220 e. The summed E-state index contributed by atoms with van der Waals surface area (Å²) in [5.41, 5.74) is 0.894. The Morgan fingerprint density at radius 2 is 2.11 bits per heavy atom. The largest absolute Gasteiger partial charge is 0.387 e. The molecular formula is C15H19NO2S. The molecule has 0 aliphatic rings. The Hall–Kier alpha value is -1.39. The summed E-state index contributed by atoms with van der Waals surface area (Å²) in [6.45, 7) is 4.27. The van der Waals surface area contributed by atoms with Crippen LogP contribution in [0.5, 0.6) is 0 Å². The first-order valence-electron chi connectivity index (χ1n) is 6.49. The molecule has 2 rings (SSSR count). The molecule has 1 atom stereocenters. The maximum atomic E-state index is 11.6. The van der Waals surface area contributed by atoms with Gasteiger partial charge in [0, 0.05) is 23.2 Å². The number of fused-ring (bicyclic) bond motifs is 1. The van der Waals surface area contributed by atoms with Crippen LogP contribution >= 0.6 is 11.3 Å². The number of carbonyl (C=O) groups excluding carboxylic acids is 1. The van der Waals surface area contributed by atoms with E-state index in [4.69, 9.17) is 0 Å². The van der Waals surface area contributed by atoms with Crippen molar-refractivity contribution in [2.24, 2.45) is 5.92 Å². The minimum atomic E-state index is -0.646. The zero-order valence-corrected chi connectivity index (χ0v) is 12.0. The monoisotopic (exact) mass is 277 g/mol. The molecule has 1 amide bonds. The highest BCUT2D eigenvalue weighted by Gasteiger charge is 2.14. The van der Waals surface area contributed by atoms with E-state index in [1.807, 2.05) is 43.5 Å². The maximum absolute atomic E-state index is 11.6. The van der Waals surface area contributed by atoms with Gasteiger partial charge in [-0.05, 0) is 22.8 Å².